The molecule has 1 fully saturated rings. The molecule has 1 N–H and O–H groups in total. The maximum absolute atomic E-state index is 12.5. The zero-order valence-corrected chi connectivity index (χ0v) is 11.8. The molecule has 0 aliphatic carbocycles. The molecule has 120 valence electrons. The zero-order valence-electron chi connectivity index (χ0n) is 11.8. The van der Waals surface area contributed by atoms with Gasteiger partial charge in [-0.25, -0.2) is 4.79 Å². The predicted octanol–water partition coefficient (Wildman–Crippen LogP) is 2.71. The van der Waals surface area contributed by atoms with Gasteiger partial charge in [0, 0.05) is 6.54 Å². The van der Waals surface area contributed by atoms with Crippen molar-refractivity contribution in [1.82, 2.24) is 4.90 Å². The molecule has 1 aliphatic heterocycles. The Morgan fingerprint density at radius 2 is 1.82 bits per heavy atom. The Labute approximate surface area is 125 Å². The molecule has 22 heavy (non-hydrogen) atoms. The molecule has 1 aromatic carbocycles. The normalized spacial score (nSPS) is 19.0. The number of aliphatic carboxylic acids is 1. The van der Waals surface area contributed by atoms with Crippen LogP contribution in [0.4, 0.5) is 13.2 Å². The molecule has 1 atom stereocenters. The minimum absolute atomic E-state index is 0.0953. The summed E-state index contributed by atoms with van der Waals surface area (Å²) in [5.74, 6) is -1.41. The summed E-state index contributed by atoms with van der Waals surface area (Å²) in [6, 6.07) is 3.51. The average Bonchev–Trinajstić information content (AvgIpc) is 2.46. The van der Waals surface area contributed by atoms with Gasteiger partial charge in [-0.05, 0) is 37.0 Å². The molecule has 7 heteroatoms. The average molecular weight is 315 g/mol. The van der Waals surface area contributed by atoms with Gasteiger partial charge in [-0.15, -0.1) is 0 Å². The predicted molar refractivity (Wildman–Crippen MR) is 72.1 cm³/mol. The fourth-order valence-electron chi connectivity index (χ4n) is 2.57. The lowest BCUT2D eigenvalue weighted by Crippen LogP contribution is -2.48. The van der Waals surface area contributed by atoms with Crippen molar-refractivity contribution >= 4 is 11.9 Å². The molecule has 4 nitrogen and oxygen atoms in total. The molecule has 0 aromatic heterocycles. The quantitative estimate of drug-likeness (QED) is 0.933. The second kappa shape index (κ2) is 6.37. The van der Waals surface area contributed by atoms with E-state index in [0.717, 1.165) is 25.0 Å². The first-order valence-electron chi connectivity index (χ1n) is 6.97. The number of alkyl halides is 3. The van der Waals surface area contributed by atoms with Crippen LogP contribution < -0.4 is 0 Å². The van der Waals surface area contributed by atoms with Crippen molar-refractivity contribution in [3.8, 4) is 0 Å². The van der Waals surface area contributed by atoms with Gasteiger partial charge in [0.1, 0.15) is 6.04 Å². The number of amides is 1. The first-order chi connectivity index (χ1) is 10.3. The lowest BCUT2D eigenvalue weighted by atomic mass is 10.0. The van der Waals surface area contributed by atoms with E-state index in [9.17, 15) is 22.8 Å². The number of carbonyl (C=O) groups excluding carboxylic acids is 1. The minimum atomic E-state index is -4.41. The van der Waals surface area contributed by atoms with Crippen LogP contribution in [0.15, 0.2) is 24.3 Å². The van der Waals surface area contributed by atoms with E-state index in [2.05, 4.69) is 0 Å². The number of benzene rings is 1. The van der Waals surface area contributed by atoms with Crippen molar-refractivity contribution in [1.29, 1.82) is 0 Å². The van der Waals surface area contributed by atoms with Gasteiger partial charge < -0.3 is 10.0 Å². The van der Waals surface area contributed by atoms with Gasteiger partial charge in [0.05, 0.1) is 12.0 Å². The molecule has 0 radical (unpaired) electrons. The van der Waals surface area contributed by atoms with E-state index in [1.165, 1.54) is 17.0 Å². The first-order valence-corrected chi connectivity index (χ1v) is 6.97. The third-order valence-corrected chi connectivity index (χ3v) is 3.74. The first kappa shape index (κ1) is 16.3. The number of halogens is 3. The Balaban J connectivity index is 2.06. The summed E-state index contributed by atoms with van der Waals surface area (Å²) in [4.78, 5) is 24.7. The fourth-order valence-corrected chi connectivity index (χ4v) is 2.57. The number of hydrogen-bond acceptors (Lipinski definition) is 2. The summed E-state index contributed by atoms with van der Waals surface area (Å²) < 4.78 is 37.4. The Hall–Kier alpha value is -2.05. The van der Waals surface area contributed by atoms with E-state index in [0.29, 0.717) is 18.5 Å². The van der Waals surface area contributed by atoms with Crippen LogP contribution in [-0.4, -0.2) is 34.5 Å². The summed E-state index contributed by atoms with van der Waals surface area (Å²) in [5, 5.41) is 9.13. The molecule has 2 rings (SSSR count). The number of carbonyl (C=O) groups is 2. The number of piperidine rings is 1. The van der Waals surface area contributed by atoms with Gasteiger partial charge in [-0.2, -0.15) is 13.2 Å². The molecule has 1 aliphatic rings. The van der Waals surface area contributed by atoms with Crippen LogP contribution in [-0.2, 0) is 22.2 Å². The number of hydrogen-bond donors (Lipinski definition) is 1. The van der Waals surface area contributed by atoms with E-state index in [1.807, 2.05) is 0 Å². The lowest BCUT2D eigenvalue weighted by Gasteiger charge is -2.33. The van der Waals surface area contributed by atoms with Gasteiger partial charge in [0.25, 0.3) is 0 Å². The maximum atomic E-state index is 12.5. The maximum Gasteiger partial charge on any atom is 0.416 e. The highest BCUT2D eigenvalue weighted by Gasteiger charge is 2.32. The van der Waals surface area contributed by atoms with E-state index < -0.39 is 23.8 Å². The number of rotatable bonds is 3. The van der Waals surface area contributed by atoms with Crippen LogP contribution in [0.25, 0.3) is 0 Å². The molecule has 1 amide bonds. The Kier molecular flexibility index (Phi) is 4.73. The van der Waals surface area contributed by atoms with Crippen LogP contribution in [0.5, 0.6) is 0 Å². The van der Waals surface area contributed by atoms with Crippen LogP contribution in [0.2, 0.25) is 0 Å². The SMILES string of the molecule is O=C(O)C1CCCCN1C(=O)Cc1ccc(C(F)(F)F)cc1. The number of likely N-dealkylation sites (tertiary alicyclic amines) is 1. The largest absolute Gasteiger partial charge is 0.480 e. The zero-order chi connectivity index (χ0) is 16.3. The van der Waals surface area contributed by atoms with Gasteiger partial charge in [0.15, 0.2) is 0 Å². The van der Waals surface area contributed by atoms with Crippen LogP contribution >= 0.6 is 0 Å². The third-order valence-electron chi connectivity index (χ3n) is 3.74. The molecule has 1 unspecified atom stereocenters. The topological polar surface area (TPSA) is 57.6 Å². The summed E-state index contributed by atoms with van der Waals surface area (Å²) >= 11 is 0. The molecular weight excluding hydrogens is 299 g/mol. The molecule has 0 saturated carbocycles. The van der Waals surface area contributed by atoms with Crippen molar-refractivity contribution < 1.29 is 27.9 Å². The van der Waals surface area contributed by atoms with E-state index in [1.54, 1.807) is 0 Å². The molecular formula is C15H16F3NO3. The van der Waals surface area contributed by atoms with Crippen molar-refractivity contribution in [2.75, 3.05) is 6.54 Å². The summed E-state index contributed by atoms with van der Waals surface area (Å²) in [6.07, 6.45) is -2.61. The van der Waals surface area contributed by atoms with E-state index in [4.69, 9.17) is 5.11 Å². The van der Waals surface area contributed by atoms with Gasteiger partial charge in [-0.1, -0.05) is 12.1 Å². The van der Waals surface area contributed by atoms with Crippen molar-refractivity contribution in [3.63, 3.8) is 0 Å². The van der Waals surface area contributed by atoms with Crippen LogP contribution in [0, 0.1) is 0 Å². The number of carboxylic acid groups (broad SMARTS) is 1. The second-order valence-corrected chi connectivity index (χ2v) is 5.31. The van der Waals surface area contributed by atoms with Crippen molar-refractivity contribution in [2.24, 2.45) is 0 Å². The fraction of sp³-hybridized carbons (Fsp3) is 0.467. The summed E-state index contributed by atoms with van der Waals surface area (Å²) in [7, 11) is 0. The highest BCUT2D eigenvalue weighted by Crippen LogP contribution is 2.29. The van der Waals surface area contributed by atoms with Crippen LogP contribution in [0.3, 0.4) is 0 Å². The smallest absolute Gasteiger partial charge is 0.416 e. The lowest BCUT2D eigenvalue weighted by molar-refractivity contribution is -0.151. The van der Waals surface area contributed by atoms with E-state index in [-0.39, 0.29) is 12.3 Å². The molecule has 1 heterocycles. The molecule has 1 saturated heterocycles. The van der Waals surface area contributed by atoms with Crippen molar-refractivity contribution in [2.45, 2.75) is 37.9 Å². The standard InChI is InChI=1S/C15H16F3NO3/c16-15(17,18)11-6-4-10(5-7-11)9-13(20)19-8-2-1-3-12(19)14(21)22/h4-7,12H,1-3,8-9H2,(H,21,22). The molecule has 1 aromatic rings. The van der Waals surface area contributed by atoms with E-state index >= 15 is 0 Å². The third kappa shape index (κ3) is 3.78. The van der Waals surface area contributed by atoms with Gasteiger partial charge in [0.2, 0.25) is 5.91 Å². The van der Waals surface area contributed by atoms with Gasteiger partial charge in [-0.3, -0.25) is 4.79 Å². The Morgan fingerprint density at radius 1 is 1.18 bits per heavy atom. The molecule has 0 spiro atoms. The van der Waals surface area contributed by atoms with Crippen LogP contribution in [0.1, 0.15) is 30.4 Å². The van der Waals surface area contributed by atoms with Gasteiger partial charge >= 0.3 is 12.1 Å². The minimum Gasteiger partial charge on any atom is -0.480 e. The summed E-state index contributed by atoms with van der Waals surface area (Å²) in [6.45, 7) is 0.371. The Bertz CT molecular complexity index is 554. The van der Waals surface area contributed by atoms with Crippen molar-refractivity contribution in [3.05, 3.63) is 35.4 Å². The number of carboxylic acids is 1. The Morgan fingerprint density at radius 3 is 2.36 bits per heavy atom. The highest BCUT2D eigenvalue weighted by molar-refractivity contribution is 5.85. The summed E-state index contributed by atoms with van der Waals surface area (Å²) in [5.41, 5.74) is -0.335. The second-order valence-electron chi connectivity index (χ2n) is 5.31. The molecule has 0 bridgehead atoms. The highest BCUT2D eigenvalue weighted by atomic mass is 19.4. The monoisotopic (exact) mass is 315 g/mol. The number of nitrogens with zero attached hydrogens (tertiary/aromatic N) is 1.